The van der Waals surface area contributed by atoms with E-state index in [0.717, 1.165) is 10.9 Å². The minimum Gasteiger partial charge on any atom is -0.483 e. The van der Waals surface area contributed by atoms with Crippen molar-refractivity contribution >= 4 is 22.8 Å². The van der Waals surface area contributed by atoms with E-state index in [1.165, 1.54) is 0 Å². The van der Waals surface area contributed by atoms with Crippen LogP contribution in [0, 0.1) is 0 Å². The number of nitrogens with zero attached hydrogens (tertiary/aromatic N) is 3. The quantitative estimate of drug-likeness (QED) is 0.687. The molecule has 3 aromatic rings. The topological polar surface area (TPSA) is 94.1 Å². The number of fused-ring (bicyclic) bond motifs is 1. The smallest absolute Gasteiger partial charge is 0.264 e. The van der Waals surface area contributed by atoms with Gasteiger partial charge in [0.15, 0.2) is 12.4 Å². The summed E-state index contributed by atoms with van der Waals surface area (Å²) in [6.45, 7) is 4.42. The van der Waals surface area contributed by atoms with E-state index in [9.17, 15) is 4.79 Å². The van der Waals surface area contributed by atoms with Crippen molar-refractivity contribution in [3.8, 4) is 5.75 Å². The highest BCUT2D eigenvalue weighted by atomic mass is 16.5. The lowest BCUT2D eigenvalue weighted by atomic mass is 10.2. The molecular weight excluding hydrogens is 322 g/mol. The molecule has 2 N–H and O–H groups in total. The molecular formula is C17H21N5O3. The molecule has 25 heavy (non-hydrogen) atoms. The number of nitrogens with one attached hydrogen (secondary N) is 2. The van der Waals surface area contributed by atoms with Gasteiger partial charge in [-0.05, 0) is 32.0 Å². The number of hydrogen-bond donors (Lipinski definition) is 2. The van der Waals surface area contributed by atoms with Crippen molar-refractivity contribution in [2.24, 2.45) is 0 Å². The van der Waals surface area contributed by atoms with Crippen LogP contribution in [-0.2, 0) is 16.1 Å². The molecule has 0 bridgehead atoms. The molecule has 0 aliphatic heterocycles. The fraction of sp³-hybridized carbons (Fsp3) is 0.353. The Labute approximate surface area is 145 Å². The van der Waals surface area contributed by atoms with Gasteiger partial charge in [0.05, 0.1) is 5.52 Å². The van der Waals surface area contributed by atoms with E-state index in [2.05, 4.69) is 38.9 Å². The molecule has 0 saturated heterocycles. The van der Waals surface area contributed by atoms with E-state index in [1.54, 1.807) is 7.11 Å². The van der Waals surface area contributed by atoms with Crippen molar-refractivity contribution in [1.82, 2.24) is 19.7 Å². The second-order valence-corrected chi connectivity index (χ2v) is 5.88. The normalized spacial score (nSPS) is 11.2. The van der Waals surface area contributed by atoms with Crippen molar-refractivity contribution in [1.29, 1.82) is 0 Å². The molecule has 1 amide bonds. The van der Waals surface area contributed by atoms with Gasteiger partial charge >= 0.3 is 0 Å². The van der Waals surface area contributed by atoms with Gasteiger partial charge in [0.1, 0.15) is 12.4 Å². The van der Waals surface area contributed by atoms with Gasteiger partial charge in [-0.2, -0.15) is 4.98 Å². The number of aromatic nitrogens is 4. The van der Waals surface area contributed by atoms with Crippen molar-refractivity contribution in [2.45, 2.75) is 26.5 Å². The van der Waals surface area contributed by atoms with E-state index < -0.39 is 0 Å². The molecule has 0 unspecified atom stereocenters. The Morgan fingerprint density at radius 2 is 2.20 bits per heavy atom. The van der Waals surface area contributed by atoms with Crippen LogP contribution in [-0.4, -0.2) is 39.4 Å². The highest BCUT2D eigenvalue weighted by Crippen LogP contribution is 2.28. The van der Waals surface area contributed by atoms with Crippen LogP contribution in [0.3, 0.4) is 0 Å². The van der Waals surface area contributed by atoms with Crippen LogP contribution in [0.25, 0.3) is 10.9 Å². The number of rotatable bonds is 7. The number of benzene rings is 1. The molecule has 0 saturated carbocycles. The summed E-state index contributed by atoms with van der Waals surface area (Å²) in [7, 11) is 1.56. The van der Waals surface area contributed by atoms with Crippen LogP contribution >= 0.6 is 0 Å². The number of aromatic amines is 1. The fourth-order valence-electron chi connectivity index (χ4n) is 2.59. The zero-order valence-electron chi connectivity index (χ0n) is 14.4. The average molecular weight is 343 g/mol. The average Bonchev–Trinajstić information content (AvgIpc) is 3.20. The standard InChI is InChI=1S/C17H21N5O3/c1-11(2)22-8-7-12-13(22)5-4-6-14(12)25-10-16(23)19-17-18-15(9-24-3)20-21-17/h4-8,11H,9-10H2,1-3H3,(H2,18,19,20,21,23). The highest BCUT2D eigenvalue weighted by Gasteiger charge is 2.11. The van der Waals surface area contributed by atoms with Gasteiger partial charge in [-0.1, -0.05) is 6.07 Å². The first-order chi connectivity index (χ1) is 12.1. The Bertz CT molecular complexity index is 868. The molecule has 0 spiro atoms. The number of methoxy groups -OCH3 is 1. The molecule has 0 fully saturated rings. The minimum absolute atomic E-state index is 0.125. The lowest BCUT2D eigenvalue weighted by Crippen LogP contribution is -2.21. The van der Waals surface area contributed by atoms with Gasteiger partial charge in [0.25, 0.3) is 5.91 Å². The SMILES string of the molecule is COCc1nc(NC(=O)COc2cccc3c2ccn3C(C)C)n[nH]1. The summed E-state index contributed by atoms with van der Waals surface area (Å²) < 4.78 is 12.8. The summed E-state index contributed by atoms with van der Waals surface area (Å²) >= 11 is 0. The van der Waals surface area contributed by atoms with E-state index >= 15 is 0 Å². The van der Waals surface area contributed by atoms with Crippen molar-refractivity contribution < 1.29 is 14.3 Å². The summed E-state index contributed by atoms with van der Waals surface area (Å²) in [5, 5.41) is 10.1. The molecule has 0 aliphatic carbocycles. The Balaban J connectivity index is 1.64. The molecule has 2 aromatic heterocycles. The highest BCUT2D eigenvalue weighted by molar-refractivity contribution is 5.91. The van der Waals surface area contributed by atoms with Gasteiger partial charge in [0.2, 0.25) is 5.95 Å². The van der Waals surface area contributed by atoms with Gasteiger partial charge in [-0.15, -0.1) is 5.10 Å². The Morgan fingerprint density at radius 1 is 1.36 bits per heavy atom. The molecule has 132 valence electrons. The molecule has 3 rings (SSSR count). The van der Waals surface area contributed by atoms with E-state index in [4.69, 9.17) is 9.47 Å². The van der Waals surface area contributed by atoms with Crippen LogP contribution < -0.4 is 10.1 Å². The summed E-state index contributed by atoms with van der Waals surface area (Å²) in [5.41, 5.74) is 1.08. The summed E-state index contributed by atoms with van der Waals surface area (Å²) in [6, 6.07) is 8.15. The molecule has 1 aromatic carbocycles. The first kappa shape index (κ1) is 17.0. The predicted octanol–water partition coefficient (Wildman–Crippen LogP) is 2.50. The Kier molecular flexibility index (Phi) is 4.99. The predicted molar refractivity (Wildman–Crippen MR) is 93.5 cm³/mol. The largest absolute Gasteiger partial charge is 0.483 e. The molecule has 0 radical (unpaired) electrons. The van der Waals surface area contributed by atoms with Crippen LogP contribution in [0.2, 0.25) is 0 Å². The number of carbonyl (C=O) groups is 1. The van der Waals surface area contributed by atoms with Crippen LogP contribution in [0.5, 0.6) is 5.75 Å². The molecule has 8 heteroatoms. The molecule has 0 aliphatic rings. The Hall–Kier alpha value is -2.87. The van der Waals surface area contributed by atoms with Crippen LogP contribution in [0.4, 0.5) is 5.95 Å². The van der Waals surface area contributed by atoms with Gasteiger partial charge < -0.3 is 14.0 Å². The second-order valence-electron chi connectivity index (χ2n) is 5.88. The third-order valence-corrected chi connectivity index (χ3v) is 3.70. The maximum absolute atomic E-state index is 12.0. The van der Waals surface area contributed by atoms with E-state index in [-0.39, 0.29) is 18.5 Å². The summed E-state index contributed by atoms with van der Waals surface area (Å²) in [4.78, 5) is 16.1. The maximum atomic E-state index is 12.0. The number of carbonyl (C=O) groups excluding carboxylic acids is 1. The van der Waals surface area contributed by atoms with E-state index in [1.807, 2.05) is 30.5 Å². The lowest BCUT2D eigenvalue weighted by Gasteiger charge is -2.11. The molecule has 0 atom stereocenters. The van der Waals surface area contributed by atoms with E-state index in [0.29, 0.717) is 24.2 Å². The van der Waals surface area contributed by atoms with Gasteiger partial charge in [-0.25, -0.2) is 0 Å². The Morgan fingerprint density at radius 3 is 2.96 bits per heavy atom. The van der Waals surface area contributed by atoms with Crippen molar-refractivity contribution in [3.05, 3.63) is 36.3 Å². The van der Waals surface area contributed by atoms with Crippen molar-refractivity contribution in [2.75, 3.05) is 19.0 Å². The minimum atomic E-state index is -0.330. The van der Waals surface area contributed by atoms with Crippen LogP contribution in [0.15, 0.2) is 30.5 Å². The first-order valence-electron chi connectivity index (χ1n) is 8.01. The number of H-pyrrole nitrogens is 1. The number of ether oxygens (including phenoxy) is 2. The zero-order chi connectivity index (χ0) is 17.8. The third-order valence-electron chi connectivity index (χ3n) is 3.70. The van der Waals surface area contributed by atoms with Crippen LogP contribution in [0.1, 0.15) is 25.7 Å². The summed E-state index contributed by atoms with van der Waals surface area (Å²) in [6.07, 6.45) is 2.02. The zero-order valence-corrected chi connectivity index (χ0v) is 14.4. The fourth-order valence-corrected chi connectivity index (χ4v) is 2.59. The lowest BCUT2D eigenvalue weighted by molar-refractivity contribution is -0.118. The number of amides is 1. The number of anilines is 1. The molecule has 2 heterocycles. The maximum Gasteiger partial charge on any atom is 0.264 e. The number of hydrogen-bond acceptors (Lipinski definition) is 5. The second kappa shape index (κ2) is 7.35. The van der Waals surface area contributed by atoms with Gasteiger partial charge in [-0.3, -0.25) is 15.2 Å². The summed E-state index contributed by atoms with van der Waals surface area (Å²) in [5.74, 6) is 1.08. The molecule has 8 nitrogen and oxygen atoms in total. The third kappa shape index (κ3) is 3.80. The van der Waals surface area contributed by atoms with Gasteiger partial charge in [0, 0.05) is 24.7 Å². The van der Waals surface area contributed by atoms with Crippen molar-refractivity contribution in [3.63, 3.8) is 0 Å². The monoisotopic (exact) mass is 343 g/mol. The first-order valence-corrected chi connectivity index (χ1v) is 8.01.